The van der Waals surface area contributed by atoms with Crippen molar-refractivity contribution < 1.29 is 18.6 Å². The molecule has 0 aliphatic carbocycles. The zero-order valence-electron chi connectivity index (χ0n) is 7.13. The van der Waals surface area contributed by atoms with E-state index in [1.807, 2.05) is 0 Å². The van der Waals surface area contributed by atoms with E-state index in [4.69, 9.17) is 9.84 Å². The molecule has 0 amide bonds. The van der Waals surface area contributed by atoms with Crippen molar-refractivity contribution in [1.82, 2.24) is 0 Å². The van der Waals surface area contributed by atoms with Crippen molar-refractivity contribution in [2.24, 2.45) is 0 Å². The second kappa shape index (κ2) is 4.07. The lowest BCUT2D eigenvalue weighted by Gasteiger charge is -2.08. The van der Waals surface area contributed by atoms with Gasteiger partial charge in [-0.2, -0.15) is 0 Å². The summed E-state index contributed by atoms with van der Waals surface area (Å²) in [5, 5.41) is 9.01. The molecule has 4 heteroatoms. The maximum Gasteiger partial charge on any atom is 0.272 e. The van der Waals surface area contributed by atoms with Gasteiger partial charge in [-0.1, -0.05) is 0 Å². The van der Waals surface area contributed by atoms with Gasteiger partial charge in [-0.25, -0.2) is 8.78 Å². The summed E-state index contributed by atoms with van der Waals surface area (Å²) in [6.45, 7) is 1.06. The van der Waals surface area contributed by atoms with Gasteiger partial charge in [-0.05, 0) is 30.7 Å². The number of aromatic hydroxyl groups is 1. The first-order chi connectivity index (χ1) is 6.09. The number of hydrogen-bond donors (Lipinski definition) is 1. The van der Waals surface area contributed by atoms with E-state index in [9.17, 15) is 8.78 Å². The van der Waals surface area contributed by atoms with Crippen LogP contribution in [0.2, 0.25) is 0 Å². The smallest absolute Gasteiger partial charge is 0.272 e. The molecule has 0 unspecified atom stereocenters. The highest BCUT2D eigenvalue weighted by molar-refractivity contribution is 5.38. The lowest BCUT2D eigenvalue weighted by atomic mass is 10.2. The Morgan fingerprint density at radius 1 is 1.46 bits per heavy atom. The fraction of sp³-hybridized carbons (Fsp3) is 0.333. The van der Waals surface area contributed by atoms with Crippen LogP contribution in [0.4, 0.5) is 8.78 Å². The molecule has 0 heterocycles. The fourth-order valence-electron chi connectivity index (χ4n) is 0.948. The molecule has 0 spiro atoms. The normalized spacial score (nSPS) is 10.5. The minimum atomic E-state index is -2.48. The zero-order chi connectivity index (χ0) is 9.84. The third-order valence-corrected chi connectivity index (χ3v) is 1.52. The molecular weight excluding hydrogens is 178 g/mol. The van der Waals surface area contributed by atoms with Crippen molar-refractivity contribution in [2.45, 2.75) is 13.3 Å². The monoisotopic (exact) mass is 188 g/mol. The first kappa shape index (κ1) is 9.77. The van der Waals surface area contributed by atoms with Crippen LogP contribution in [0.25, 0.3) is 0 Å². The standard InChI is InChI=1S/C9H10F2O2/c1-6-4-7(12)2-3-8(6)13-5-9(10)11/h2-4,9,12H,5H2,1H3. The van der Waals surface area contributed by atoms with Gasteiger partial charge < -0.3 is 9.84 Å². The van der Waals surface area contributed by atoms with E-state index < -0.39 is 13.0 Å². The molecule has 0 bridgehead atoms. The summed E-state index contributed by atoms with van der Waals surface area (Å²) < 4.78 is 28.3. The number of aryl methyl sites for hydroxylation is 1. The molecule has 0 saturated carbocycles. The molecule has 0 aliphatic rings. The molecule has 2 nitrogen and oxygen atoms in total. The first-order valence-corrected chi connectivity index (χ1v) is 3.80. The van der Waals surface area contributed by atoms with Crippen molar-refractivity contribution in [2.75, 3.05) is 6.61 Å². The van der Waals surface area contributed by atoms with Crippen LogP contribution in [0.3, 0.4) is 0 Å². The van der Waals surface area contributed by atoms with Gasteiger partial charge in [0.15, 0.2) is 0 Å². The number of hydrogen-bond acceptors (Lipinski definition) is 2. The highest BCUT2D eigenvalue weighted by atomic mass is 19.3. The maximum atomic E-state index is 11.8. The second-order valence-corrected chi connectivity index (χ2v) is 2.65. The first-order valence-electron chi connectivity index (χ1n) is 3.80. The highest BCUT2D eigenvalue weighted by Gasteiger charge is 2.05. The van der Waals surface area contributed by atoms with Crippen LogP contribution in [-0.2, 0) is 0 Å². The predicted molar refractivity (Wildman–Crippen MR) is 44.3 cm³/mol. The lowest BCUT2D eigenvalue weighted by molar-refractivity contribution is 0.0815. The largest absolute Gasteiger partial charge is 0.508 e. The molecule has 0 atom stereocenters. The van der Waals surface area contributed by atoms with Crippen molar-refractivity contribution >= 4 is 0 Å². The van der Waals surface area contributed by atoms with Gasteiger partial charge in [0.25, 0.3) is 6.43 Å². The summed E-state index contributed by atoms with van der Waals surface area (Å²) in [6, 6.07) is 4.32. The highest BCUT2D eigenvalue weighted by Crippen LogP contribution is 2.22. The summed E-state index contributed by atoms with van der Waals surface area (Å²) in [5.74, 6) is 0.472. The molecule has 0 fully saturated rings. The van der Waals surface area contributed by atoms with E-state index in [-0.39, 0.29) is 5.75 Å². The van der Waals surface area contributed by atoms with Gasteiger partial charge in [0.1, 0.15) is 18.1 Å². The van der Waals surface area contributed by atoms with Gasteiger partial charge in [0, 0.05) is 0 Å². The van der Waals surface area contributed by atoms with E-state index in [0.29, 0.717) is 11.3 Å². The topological polar surface area (TPSA) is 29.5 Å². The van der Waals surface area contributed by atoms with Crippen molar-refractivity contribution in [3.05, 3.63) is 23.8 Å². The van der Waals surface area contributed by atoms with Gasteiger partial charge in [0.2, 0.25) is 0 Å². The molecule has 13 heavy (non-hydrogen) atoms. The van der Waals surface area contributed by atoms with Crippen LogP contribution < -0.4 is 4.74 Å². The maximum absolute atomic E-state index is 11.8. The Labute approximate surface area is 74.8 Å². The summed E-state index contributed by atoms with van der Waals surface area (Å²) in [4.78, 5) is 0. The number of ether oxygens (including phenoxy) is 1. The van der Waals surface area contributed by atoms with Gasteiger partial charge >= 0.3 is 0 Å². The Morgan fingerprint density at radius 2 is 2.15 bits per heavy atom. The Hall–Kier alpha value is -1.32. The fourth-order valence-corrected chi connectivity index (χ4v) is 0.948. The third-order valence-electron chi connectivity index (χ3n) is 1.52. The average molecular weight is 188 g/mol. The summed E-state index contributed by atoms with van der Waals surface area (Å²) >= 11 is 0. The van der Waals surface area contributed by atoms with Gasteiger partial charge in [-0.15, -0.1) is 0 Å². The zero-order valence-corrected chi connectivity index (χ0v) is 7.13. The lowest BCUT2D eigenvalue weighted by Crippen LogP contribution is -2.07. The second-order valence-electron chi connectivity index (χ2n) is 2.65. The Bertz CT molecular complexity index is 287. The van der Waals surface area contributed by atoms with E-state index in [1.54, 1.807) is 6.92 Å². The van der Waals surface area contributed by atoms with Gasteiger partial charge in [0.05, 0.1) is 0 Å². The number of phenols is 1. The predicted octanol–water partition coefficient (Wildman–Crippen LogP) is 2.34. The molecule has 1 aromatic carbocycles. The van der Waals surface area contributed by atoms with Crippen molar-refractivity contribution in [1.29, 1.82) is 0 Å². The Balaban J connectivity index is 2.67. The molecule has 0 radical (unpaired) electrons. The van der Waals surface area contributed by atoms with Crippen LogP contribution >= 0.6 is 0 Å². The summed E-state index contributed by atoms with van der Waals surface area (Å²) in [6.07, 6.45) is -2.48. The van der Waals surface area contributed by atoms with Gasteiger partial charge in [-0.3, -0.25) is 0 Å². The van der Waals surface area contributed by atoms with E-state index in [1.165, 1.54) is 18.2 Å². The van der Waals surface area contributed by atoms with Crippen molar-refractivity contribution in [3.63, 3.8) is 0 Å². The number of rotatable bonds is 3. The molecular formula is C9H10F2O2. The molecule has 0 saturated heterocycles. The van der Waals surface area contributed by atoms with Crippen LogP contribution in [-0.4, -0.2) is 18.1 Å². The number of alkyl halides is 2. The number of phenolic OH excluding ortho intramolecular Hbond substituents is 1. The summed E-state index contributed by atoms with van der Waals surface area (Å²) in [7, 11) is 0. The molecule has 0 aromatic heterocycles. The number of halogens is 2. The van der Waals surface area contributed by atoms with Crippen LogP contribution in [0.15, 0.2) is 18.2 Å². The van der Waals surface area contributed by atoms with E-state index >= 15 is 0 Å². The van der Waals surface area contributed by atoms with E-state index in [0.717, 1.165) is 0 Å². The molecule has 1 N–H and O–H groups in total. The molecule has 1 rings (SSSR count). The molecule has 72 valence electrons. The minimum absolute atomic E-state index is 0.0990. The molecule has 0 aliphatic heterocycles. The van der Waals surface area contributed by atoms with Crippen LogP contribution in [0.1, 0.15) is 5.56 Å². The summed E-state index contributed by atoms with van der Waals surface area (Å²) in [5.41, 5.74) is 0.639. The minimum Gasteiger partial charge on any atom is -0.508 e. The SMILES string of the molecule is Cc1cc(O)ccc1OCC(F)F. The van der Waals surface area contributed by atoms with Crippen LogP contribution in [0, 0.1) is 6.92 Å². The number of benzene rings is 1. The average Bonchev–Trinajstić information content (AvgIpc) is 2.02. The molecule has 1 aromatic rings. The van der Waals surface area contributed by atoms with Crippen molar-refractivity contribution in [3.8, 4) is 11.5 Å². The van der Waals surface area contributed by atoms with Crippen LogP contribution in [0.5, 0.6) is 11.5 Å². The van der Waals surface area contributed by atoms with E-state index in [2.05, 4.69) is 0 Å². The Morgan fingerprint density at radius 3 is 2.69 bits per heavy atom. The quantitative estimate of drug-likeness (QED) is 0.788. The Kier molecular flexibility index (Phi) is 3.06. The third kappa shape index (κ3) is 2.89.